The highest BCUT2D eigenvalue weighted by Gasteiger charge is 2.17. The Hall–Kier alpha value is -3.49. The van der Waals surface area contributed by atoms with Gasteiger partial charge in [0, 0.05) is 23.7 Å². The van der Waals surface area contributed by atoms with Gasteiger partial charge in [0.1, 0.15) is 24.0 Å². The van der Waals surface area contributed by atoms with Gasteiger partial charge in [0.05, 0.1) is 5.52 Å². The van der Waals surface area contributed by atoms with Crippen LogP contribution in [0.2, 0.25) is 0 Å². The van der Waals surface area contributed by atoms with Gasteiger partial charge in [-0.25, -0.2) is 18.0 Å². The van der Waals surface area contributed by atoms with Gasteiger partial charge in [0.2, 0.25) is 0 Å². The van der Waals surface area contributed by atoms with Crippen LogP contribution in [0.25, 0.3) is 22.2 Å². The van der Waals surface area contributed by atoms with Gasteiger partial charge >= 0.3 is 12.0 Å². The van der Waals surface area contributed by atoms with E-state index in [2.05, 4.69) is 15.6 Å². The van der Waals surface area contributed by atoms with Crippen LogP contribution in [0, 0.1) is 17.5 Å². The van der Waals surface area contributed by atoms with Crippen LogP contribution < -0.4 is 10.6 Å². The molecule has 4 N–H and O–H groups in total. The maximum Gasteiger partial charge on any atom is 0.323 e. The minimum absolute atomic E-state index is 0.0880. The van der Waals surface area contributed by atoms with Gasteiger partial charge in [0.25, 0.3) is 0 Å². The summed E-state index contributed by atoms with van der Waals surface area (Å²) in [5.41, 5.74) is 1.69. The van der Waals surface area contributed by atoms with Gasteiger partial charge in [-0.3, -0.25) is 4.79 Å². The third-order valence-corrected chi connectivity index (χ3v) is 4.13. The molecule has 3 rings (SSSR count). The summed E-state index contributed by atoms with van der Waals surface area (Å²) in [5, 5.41) is 13.5. The zero-order valence-corrected chi connectivity index (χ0v) is 14.5. The van der Waals surface area contributed by atoms with E-state index < -0.39 is 36.0 Å². The van der Waals surface area contributed by atoms with Gasteiger partial charge in [-0.1, -0.05) is 0 Å². The summed E-state index contributed by atoms with van der Waals surface area (Å²) in [6.07, 6.45) is 0.204. The van der Waals surface area contributed by atoms with E-state index in [4.69, 9.17) is 5.11 Å². The molecule has 2 aromatic carbocycles. The van der Waals surface area contributed by atoms with Crippen molar-refractivity contribution in [1.82, 2.24) is 15.6 Å². The highest BCUT2D eigenvalue weighted by molar-refractivity contribution is 5.91. The molecule has 0 unspecified atom stereocenters. The van der Waals surface area contributed by atoms with Crippen LogP contribution in [0.4, 0.5) is 18.0 Å². The Balaban J connectivity index is 1.90. The molecule has 146 valence electrons. The monoisotopic (exact) mass is 391 g/mol. The van der Waals surface area contributed by atoms with E-state index in [0.29, 0.717) is 22.2 Å². The van der Waals surface area contributed by atoms with E-state index in [-0.39, 0.29) is 18.5 Å². The smallest absolute Gasteiger partial charge is 0.323 e. The van der Waals surface area contributed by atoms with Crippen molar-refractivity contribution < 1.29 is 27.9 Å². The highest BCUT2D eigenvalue weighted by Crippen LogP contribution is 2.32. The number of carbonyl (C=O) groups excluding carboxylic acids is 1. The number of carboxylic acids is 1. The van der Waals surface area contributed by atoms with Gasteiger partial charge < -0.3 is 20.7 Å². The van der Waals surface area contributed by atoms with E-state index in [1.54, 1.807) is 0 Å². The van der Waals surface area contributed by atoms with Crippen molar-refractivity contribution in [2.45, 2.75) is 6.42 Å². The second-order valence-electron chi connectivity index (χ2n) is 6.05. The number of urea groups is 1. The lowest BCUT2D eigenvalue weighted by Crippen LogP contribution is -2.39. The lowest BCUT2D eigenvalue weighted by Gasteiger charge is -2.08. The summed E-state index contributed by atoms with van der Waals surface area (Å²) in [4.78, 5) is 24.9. The topological polar surface area (TPSA) is 94.2 Å². The fraction of sp³-hybridized carbons (Fsp3) is 0.158. The van der Waals surface area contributed by atoms with E-state index >= 15 is 0 Å². The van der Waals surface area contributed by atoms with Gasteiger partial charge in [-0.05, 0) is 47.9 Å². The number of hydrogen-bond acceptors (Lipinski definition) is 2. The largest absolute Gasteiger partial charge is 0.480 e. The molecule has 1 heterocycles. The van der Waals surface area contributed by atoms with Crippen LogP contribution in [-0.4, -0.2) is 35.2 Å². The summed E-state index contributed by atoms with van der Waals surface area (Å²) in [6.45, 7) is -0.444. The van der Waals surface area contributed by atoms with Gasteiger partial charge in [-0.2, -0.15) is 0 Å². The van der Waals surface area contributed by atoms with Crippen molar-refractivity contribution in [3.05, 3.63) is 59.4 Å². The molecule has 9 heteroatoms. The molecule has 1 aromatic heterocycles. The third kappa shape index (κ3) is 4.25. The zero-order chi connectivity index (χ0) is 20.3. The van der Waals surface area contributed by atoms with Crippen LogP contribution in [0.15, 0.2) is 36.4 Å². The predicted octanol–water partition coefficient (Wildman–Crippen LogP) is 3.18. The number of aromatic amines is 1. The number of H-pyrrole nitrogens is 1. The molecule has 28 heavy (non-hydrogen) atoms. The Labute approximate surface area is 157 Å². The van der Waals surface area contributed by atoms with Crippen LogP contribution in [0.3, 0.4) is 0 Å². The first-order chi connectivity index (χ1) is 13.3. The SMILES string of the molecule is O=C(O)CNC(=O)NCCc1c(-c2ccc(F)cc2)[nH]c2c(F)cc(F)cc12. The predicted molar refractivity (Wildman–Crippen MR) is 96.3 cm³/mol. The first-order valence-electron chi connectivity index (χ1n) is 8.34. The number of fused-ring (bicyclic) bond motifs is 1. The first kappa shape index (κ1) is 19.3. The average Bonchev–Trinajstić information content (AvgIpc) is 2.99. The highest BCUT2D eigenvalue weighted by atomic mass is 19.1. The third-order valence-electron chi connectivity index (χ3n) is 4.13. The minimum atomic E-state index is -1.18. The molecule has 0 aliphatic carbocycles. The molecule has 0 spiro atoms. The Morgan fingerprint density at radius 3 is 2.39 bits per heavy atom. The molecule has 0 radical (unpaired) electrons. The molecular formula is C19H16F3N3O3. The van der Waals surface area contributed by atoms with E-state index in [0.717, 1.165) is 6.07 Å². The summed E-state index contributed by atoms with van der Waals surface area (Å²) in [5.74, 6) is -3.13. The van der Waals surface area contributed by atoms with Crippen molar-refractivity contribution >= 4 is 22.9 Å². The number of benzene rings is 2. The molecule has 0 atom stereocenters. The molecule has 0 saturated carbocycles. The molecule has 0 aliphatic rings. The van der Waals surface area contributed by atoms with Gasteiger partial charge in [0.15, 0.2) is 0 Å². The summed E-state index contributed by atoms with van der Waals surface area (Å²) in [7, 11) is 0. The molecule has 3 aromatic rings. The number of rotatable bonds is 6. The molecule has 0 bridgehead atoms. The molecule has 2 amide bonds. The average molecular weight is 391 g/mol. The van der Waals surface area contributed by atoms with Crippen molar-refractivity contribution in [2.24, 2.45) is 0 Å². The summed E-state index contributed by atoms with van der Waals surface area (Å²) >= 11 is 0. The summed E-state index contributed by atoms with van der Waals surface area (Å²) < 4.78 is 41.1. The first-order valence-corrected chi connectivity index (χ1v) is 8.34. The van der Waals surface area contributed by atoms with Crippen LogP contribution in [0.5, 0.6) is 0 Å². The number of carboxylic acid groups (broad SMARTS) is 1. The number of amides is 2. The Kier molecular flexibility index (Phi) is 5.53. The quantitative estimate of drug-likeness (QED) is 0.520. The Bertz CT molecular complexity index is 1030. The maximum atomic E-state index is 14.2. The number of nitrogens with one attached hydrogen (secondary N) is 3. The maximum absolute atomic E-state index is 14.2. The second kappa shape index (κ2) is 8.03. The number of carbonyl (C=O) groups is 2. The van der Waals surface area contributed by atoms with Crippen molar-refractivity contribution in [3.63, 3.8) is 0 Å². The number of hydrogen-bond donors (Lipinski definition) is 4. The minimum Gasteiger partial charge on any atom is -0.480 e. The number of halogens is 3. The Morgan fingerprint density at radius 1 is 1.00 bits per heavy atom. The number of aliphatic carboxylic acids is 1. The zero-order valence-electron chi connectivity index (χ0n) is 14.5. The lowest BCUT2D eigenvalue weighted by atomic mass is 10.0. The fourth-order valence-electron chi connectivity index (χ4n) is 2.92. The van der Waals surface area contributed by atoms with E-state index in [1.807, 2.05) is 0 Å². The molecule has 0 aliphatic heterocycles. The normalized spacial score (nSPS) is 10.8. The Morgan fingerprint density at radius 2 is 1.71 bits per heavy atom. The van der Waals surface area contributed by atoms with Crippen molar-refractivity contribution in [1.29, 1.82) is 0 Å². The lowest BCUT2D eigenvalue weighted by molar-refractivity contribution is -0.135. The van der Waals surface area contributed by atoms with Crippen molar-refractivity contribution in [3.8, 4) is 11.3 Å². The molecule has 6 nitrogen and oxygen atoms in total. The molecular weight excluding hydrogens is 375 g/mol. The van der Waals surface area contributed by atoms with E-state index in [1.165, 1.54) is 30.3 Å². The number of aromatic nitrogens is 1. The van der Waals surface area contributed by atoms with Crippen LogP contribution in [-0.2, 0) is 11.2 Å². The molecule has 0 fully saturated rings. The van der Waals surface area contributed by atoms with Crippen molar-refractivity contribution in [2.75, 3.05) is 13.1 Å². The second-order valence-corrected chi connectivity index (χ2v) is 6.05. The van der Waals surface area contributed by atoms with Gasteiger partial charge in [-0.15, -0.1) is 0 Å². The molecule has 0 saturated heterocycles. The van der Waals surface area contributed by atoms with Crippen LogP contribution in [0.1, 0.15) is 5.56 Å². The standard InChI is InChI=1S/C19H16F3N3O3/c20-11-3-1-10(2-4-11)17-13(5-6-23-19(28)24-9-16(26)27)14-7-12(21)8-15(22)18(14)25-17/h1-4,7-8,25H,5-6,9H2,(H,26,27)(H2,23,24,28). The summed E-state index contributed by atoms with van der Waals surface area (Å²) in [6, 6.07) is 6.77. The van der Waals surface area contributed by atoms with E-state index in [9.17, 15) is 22.8 Å². The fourth-order valence-corrected chi connectivity index (χ4v) is 2.92. The van der Waals surface area contributed by atoms with Crippen LogP contribution >= 0.6 is 0 Å².